The van der Waals surface area contributed by atoms with Crippen LogP contribution in [-0.4, -0.2) is 0 Å². The molecule has 1 N–H and O–H groups in total. The molecule has 2 rings (SSSR count). The molecule has 0 saturated heterocycles. The van der Waals surface area contributed by atoms with Crippen LogP contribution in [-0.2, 0) is 6.54 Å². The predicted octanol–water partition coefficient (Wildman–Crippen LogP) is 5.82. The van der Waals surface area contributed by atoms with Crippen molar-refractivity contribution in [1.29, 1.82) is 0 Å². The van der Waals surface area contributed by atoms with Gasteiger partial charge < -0.3 is 5.32 Å². The number of nitrogens with one attached hydrogen (secondary N) is 1. The summed E-state index contributed by atoms with van der Waals surface area (Å²) in [7, 11) is 0. The maximum atomic E-state index is 13.5. The van der Waals surface area contributed by atoms with Crippen LogP contribution in [0.5, 0.6) is 0 Å². The summed E-state index contributed by atoms with van der Waals surface area (Å²) in [5.41, 5.74) is 2.56. The summed E-state index contributed by atoms with van der Waals surface area (Å²) >= 11 is 15.2. The van der Waals surface area contributed by atoms with Gasteiger partial charge in [-0.25, -0.2) is 4.39 Å². The quantitative estimate of drug-likeness (QED) is 0.725. The van der Waals surface area contributed by atoms with E-state index in [0.29, 0.717) is 21.1 Å². The molecule has 0 spiro atoms. The normalized spacial score (nSPS) is 10.6. The van der Waals surface area contributed by atoms with Crippen LogP contribution in [0.1, 0.15) is 11.1 Å². The van der Waals surface area contributed by atoms with Crippen LogP contribution in [0.3, 0.4) is 0 Å². The van der Waals surface area contributed by atoms with Gasteiger partial charge >= 0.3 is 0 Å². The third kappa shape index (κ3) is 3.41. The summed E-state index contributed by atoms with van der Waals surface area (Å²) in [5.74, 6) is -0.301. The van der Waals surface area contributed by atoms with E-state index in [-0.39, 0.29) is 5.82 Å². The van der Waals surface area contributed by atoms with E-state index in [9.17, 15) is 4.39 Å². The zero-order chi connectivity index (χ0) is 14.0. The number of benzene rings is 2. The van der Waals surface area contributed by atoms with Crippen LogP contribution in [0.2, 0.25) is 10.0 Å². The molecule has 100 valence electrons. The molecule has 0 bridgehead atoms. The molecule has 0 amide bonds. The molecule has 0 aromatic heterocycles. The van der Waals surface area contributed by atoms with Crippen molar-refractivity contribution in [3.05, 3.63) is 61.8 Å². The summed E-state index contributed by atoms with van der Waals surface area (Å²) < 4.78 is 13.9. The number of aryl methyl sites for hydroxylation is 1. The SMILES string of the molecule is Cc1cc(Br)c(F)cc1NCc1cccc(Cl)c1Cl. The third-order valence-corrected chi connectivity index (χ3v) is 4.23. The number of rotatable bonds is 3. The molecule has 0 saturated carbocycles. The Morgan fingerprint density at radius 2 is 2.00 bits per heavy atom. The fraction of sp³-hybridized carbons (Fsp3) is 0.143. The van der Waals surface area contributed by atoms with Crippen LogP contribution in [0, 0.1) is 12.7 Å². The first-order chi connectivity index (χ1) is 8.99. The maximum Gasteiger partial charge on any atom is 0.139 e. The molecule has 19 heavy (non-hydrogen) atoms. The number of hydrogen-bond acceptors (Lipinski definition) is 1. The Morgan fingerprint density at radius 1 is 1.26 bits per heavy atom. The lowest BCUT2D eigenvalue weighted by Gasteiger charge is -2.12. The highest BCUT2D eigenvalue weighted by atomic mass is 79.9. The molecule has 0 aliphatic rings. The second-order valence-corrected chi connectivity index (χ2v) is 5.79. The van der Waals surface area contributed by atoms with Gasteiger partial charge in [0.15, 0.2) is 0 Å². The van der Waals surface area contributed by atoms with Crippen molar-refractivity contribution in [2.75, 3.05) is 5.32 Å². The molecule has 2 aromatic carbocycles. The molecule has 0 heterocycles. The van der Waals surface area contributed by atoms with Crippen molar-refractivity contribution in [2.45, 2.75) is 13.5 Å². The van der Waals surface area contributed by atoms with Crippen molar-refractivity contribution in [3.63, 3.8) is 0 Å². The Kier molecular flexibility index (Phi) is 4.71. The minimum absolute atomic E-state index is 0.301. The zero-order valence-electron chi connectivity index (χ0n) is 10.1. The summed E-state index contributed by atoms with van der Waals surface area (Å²) in [6.07, 6.45) is 0. The highest BCUT2D eigenvalue weighted by Gasteiger charge is 2.07. The Hall–Kier alpha value is -0.770. The zero-order valence-corrected chi connectivity index (χ0v) is 13.2. The average Bonchev–Trinajstić information content (AvgIpc) is 2.37. The lowest BCUT2D eigenvalue weighted by molar-refractivity contribution is 0.621. The Labute approximate surface area is 129 Å². The van der Waals surface area contributed by atoms with Gasteiger partial charge in [0.05, 0.1) is 14.5 Å². The van der Waals surface area contributed by atoms with Gasteiger partial charge in [-0.15, -0.1) is 0 Å². The van der Waals surface area contributed by atoms with Gasteiger partial charge in [0, 0.05) is 12.2 Å². The lowest BCUT2D eigenvalue weighted by atomic mass is 10.1. The Balaban J connectivity index is 2.19. The smallest absolute Gasteiger partial charge is 0.139 e. The van der Waals surface area contributed by atoms with Crippen LogP contribution in [0.25, 0.3) is 0 Å². The fourth-order valence-electron chi connectivity index (χ4n) is 1.71. The van der Waals surface area contributed by atoms with Crippen molar-refractivity contribution in [1.82, 2.24) is 0 Å². The predicted molar refractivity (Wildman–Crippen MR) is 82.6 cm³/mol. The molecule has 0 aliphatic carbocycles. The van der Waals surface area contributed by atoms with Gasteiger partial charge in [-0.1, -0.05) is 35.3 Å². The number of hydrogen-bond donors (Lipinski definition) is 1. The highest BCUT2D eigenvalue weighted by molar-refractivity contribution is 9.10. The minimum atomic E-state index is -0.301. The van der Waals surface area contributed by atoms with E-state index in [1.807, 2.05) is 19.1 Å². The Bertz CT molecular complexity index is 617. The molecular formula is C14H11BrCl2FN. The molecule has 5 heteroatoms. The van der Waals surface area contributed by atoms with Gasteiger partial charge in [0.1, 0.15) is 5.82 Å². The lowest BCUT2D eigenvalue weighted by Crippen LogP contribution is -2.02. The van der Waals surface area contributed by atoms with Gasteiger partial charge in [-0.3, -0.25) is 0 Å². The van der Waals surface area contributed by atoms with Crippen LogP contribution in [0.4, 0.5) is 10.1 Å². The first-order valence-electron chi connectivity index (χ1n) is 5.61. The van der Waals surface area contributed by atoms with E-state index < -0.39 is 0 Å². The molecular weight excluding hydrogens is 352 g/mol. The number of halogens is 4. The molecule has 0 aliphatic heterocycles. The molecule has 0 unspecified atom stereocenters. The Morgan fingerprint density at radius 3 is 2.74 bits per heavy atom. The molecule has 0 fully saturated rings. The summed E-state index contributed by atoms with van der Waals surface area (Å²) in [5, 5.41) is 4.20. The van der Waals surface area contributed by atoms with Crippen molar-refractivity contribution in [3.8, 4) is 0 Å². The van der Waals surface area contributed by atoms with Crippen molar-refractivity contribution >= 4 is 44.8 Å². The van der Waals surface area contributed by atoms with Gasteiger partial charge in [-0.05, 0) is 52.2 Å². The van der Waals surface area contributed by atoms with E-state index in [0.717, 1.165) is 16.8 Å². The van der Waals surface area contributed by atoms with E-state index in [2.05, 4.69) is 21.2 Å². The molecule has 0 atom stereocenters. The first-order valence-corrected chi connectivity index (χ1v) is 7.16. The second kappa shape index (κ2) is 6.12. The van der Waals surface area contributed by atoms with Gasteiger partial charge in [0.25, 0.3) is 0 Å². The van der Waals surface area contributed by atoms with Crippen LogP contribution in [0.15, 0.2) is 34.8 Å². The standard InChI is InChI=1S/C14H11BrCl2FN/c1-8-5-10(15)12(18)6-13(8)19-7-9-3-2-4-11(16)14(9)17/h2-6,19H,7H2,1H3. The first kappa shape index (κ1) is 14.6. The summed E-state index contributed by atoms with van der Waals surface area (Å²) in [4.78, 5) is 0. The van der Waals surface area contributed by atoms with E-state index in [4.69, 9.17) is 23.2 Å². The monoisotopic (exact) mass is 361 g/mol. The highest BCUT2D eigenvalue weighted by Crippen LogP contribution is 2.28. The second-order valence-electron chi connectivity index (χ2n) is 4.15. The third-order valence-electron chi connectivity index (χ3n) is 2.77. The van der Waals surface area contributed by atoms with Crippen LogP contribution < -0.4 is 5.32 Å². The topological polar surface area (TPSA) is 12.0 Å². The molecule has 2 aromatic rings. The summed E-state index contributed by atoms with van der Waals surface area (Å²) in [6, 6.07) is 8.64. The van der Waals surface area contributed by atoms with E-state index in [1.165, 1.54) is 6.07 Å². The summed E-state index contributed by atoms with van der Waals surface area (Å²) in [6.45, 7) is 2.40. The maximum absolute atomic E-state index is 13.5. The van der Waals surface area contributed by atoms with Crippen LogP contribution >= 0.6 is 39.1 Å². The minimum Gasteiger partial charge on any atom is -0.381 e. The van der Waals surface area contributed by atoms with Gasteiger partial charge in [0.2, 0.25) is 0 Å². The number of anilines is 1. The van der Waals surface area contributed by atoms with E-state index >= 15 is 0 Å². The van der Waals surface area contributed by atoms with E-state index in [1.54, 1.807) is 12.1 Å². The molecule has 1 nitrogen and oxygen atoms in total. The molecule has 0 radical (unpaired) electrons. The average molecular weight is 363 g/mol. The van der Waals surface area contributed by atoms with Gasteiger partial charge in [-0.2, -0.15) is 0 Å². The van der Waals surface area contributed by atoms with Crippen molar-refractivity contribution in [2.24, 2.45) is 0 Å². The van der Waals surface area contributed by atoms with Crippen molar-refractivity contribution < 1.29 is 4.39 Å². The fourth-order valence-corrected chi connectivity index (χ4v) is 2.56. The largest absolute Gasteiger partial charge is 0.381 e.